The quantitative estimate of drug-likeness (QED) is 0.913. The van der Waals surface area contributed by atoms with E-state index < -0.39 is 0 Å². The SMILES string of the molecule is CCC1CCC(Nc2ccc(-n3ccnc3)nc2)C1. The molecule has 19 heavy (non-hydrogen) atoms. The van der Waals surface area contributed by atoms with Crippen molar-refractivity contribution in [3.63, 3.8) is 0 Å². The van der Waals surface area contributed by atoms with Gasteiger partial charge in [-0.25, -0.2) is 9.97 Å². The Kier molecular flexibility index (Phi) is 3.49. The number of rotatable bonds is 4. The minimum absolute atomic E-state index is 0.617. The Morgan fingerprint density at radius 1 is 1.37 bits per heavy atom. The smallest absolute Gasteiger partial charge is 0.137 e. The average Bonchev–Trinajstić information content (AvgIpc) is 3.10. The van der Waals surface area contributed by atoms with E-state index in [1.807, 2.05) is 23.0 Å². The van der Waals surface area contributed by atoms with Gasteiger partial charge in [-0.1, -0.05) is 13.3 Å². The third-order valence-corrected chi connectivity index (χ3v) is 4.01. The van der Waals surface area contributed by atoms with Gasteiger partial charge in [-0.15, -0.1) is 0 Å². The first-order valence-corrected chi connectivity index (χ1v) is 7.06. The molecule has 1 fully saturated rings. The highest BCUT2D eigenvalue weighted by atomic mass is 15.1. The van der Waals surface area contributed by atoms with Gasteiger partial charge < -0.3 is 5.32 Å². The monoisotopic (exact) mass is 256 g/mol. The molecule has 2 aromatic heterocycles. The van der Waals surface area contributed by atoms with Crippen LogP contribution in [0.4, 0.5) is 5.69 Å². The number of nitrogens with zero attached hydrogens (tertiary/aromatic N) is 3. The lowest BCUT2D eigenvalue weighted by molar-refractivity contribution is 0.525. The van der Waals surface area contributed by atoms with E-state index in [0.29, 0.717) is 6.04 Å². The van der Waals surface area contributed by atoms with Gasteiger partial charge in [0.15, 0.2) is 0 Å². The van der Waals surface area contributed by atoms with E-state index in [9.17, 15) is 0 Å². The summed E-state index contributed by atoms with van der Waals surface area (Å²) in [5, 5.41) is 3.59. The van der Waals surface area contributed by atoms with E-state index >= 15 is 0 Å². The van der Waals surface area contributed by atoms with Crippen LogP contribution in [0.3, 0.4) is 0 Å². The van der Waals surface area contributed by atoms with Crippen molar-refractivity contribution in [2.75, 3.05) is 5.32 Å². The highest BCUT2D eigenvalue weighted by Gasteiger charge is 2.22. The molecule has 2 unspecified atom stereocenters. The van der Waals surface area contributed by atoms with Gasteiger partial charge in [0.05, 0.1) is 11.9 Å². The summed E-state index contributed by atoms with van der Waals surface area (Å²) in [6.45, 7) is 2.29. The first-order valence-electron chi connectivity index (χ1n) is 7.06. The molecule has 0 bridgehead atoms. The summed E-state index contributed by atoms with van der Waals surface area (Å²) in [5.74, 6) is 1.80. The molecule has 1 aliphatic rings. The number of imidazole rings is 1. The molecule has 1 saturated carbocycles. The van der Waals surface area contributed by atoms with E-state index in [2.05, 4.69) is 28.3 Å². The van der Waals surface area contributed by atoms with Gasteiger partial charge in [0.1, 0.15) is 12.1 Å². The van der Waals surface area contributed by atoms with Crippen molar-refractivity contribution in [1.29, 1.82) is 0 Å². The maximum absolute atomic E-state index is 4.46. The van der Waals surface area contributed by atoms with Crippen LogP contribution in [0.1, 0.15) is 32.6 Å². The third kappa shape index (κ3) is 2.78. The lowest BCUT2D eigenvalue weighted by atomic mass is 10.1. The zero-order chi connectivity index (χ0) is 13.1. The molecule has 0 spiro atoms. The summed E-state index contributed by atoms with van der Waals surface area (Å²) in [6, 6.07) is 4.74. The van der Waals surface area contributed by atoms with Crippen LogP contribution in [0.15, 0.2) is 37.1 Å². The second-order valence-electron chi connectivity index (χ2n) is 5.30. The van der Waals surface area contributed by atoms with Crippen molar-refractivity contribution in [3.05, 3.63) is 37.1 Å². The van der Waals surface area contributed by atoms with Gasteiger partial charge in [0.2, 0.25) is 0 Å². The number of hydrogen-bond acceptors (Lipinski definition) is 3. The minimum atomic E-state index is 0.617. The van der Waals surface area contributed by atoms with Gasteiger partial charge in [0, 0.05) is 18.4 Å². The first-order chi connectivity index (χ1) is 9.35. The largest absolute Gasteiger partial charge is 0.381 e. The fourth-order valence-corrected chi connectivity index (χ4v) is 2.83. The van der Waals surface area contributed by atoms with Crippen LogP contribution in [0.25, 0.3) is 5.82 Å². The molecule has 0 aliphatic heterocycles. The van der Waals surface area contributed by atoms with Crippen LogP contribution >= 0.6 is 0 Å². The molecule has 3 rings (SSSR count). The Morgan fingerprint density at radius 2 is 2.32 bits per heavy atom. The Morgan fingerprint density at radius 3 is 2.95 bits per heavy atom. The zero-order valence-corrected chi connectivity index (χ0v) is 11.3. The van der Waals surface area contributed by atoms with Gasteiger partial charge in [-0.05, 0) is 37.3 Å². The van der Waals surface area contributed by atoms with Gasteiger partial charge in [-0.2, -0.15) is 0 Å². The third-order valence-electron chi connectivity index (χ3n) is 4.01. The Hall–Kier alpha value is -1.84. The van der Waals surface area contributed by atoms with E-state index in [1.165, 1.54) is 25.7 Å². The second-order valence-corrected chi connectivity index (χ2v) is 5.30. The molecular formula is C15H20N4. The van der Waals surface area contributed by atoms with E-state index in [-0.39, 0.29) is 0 Å². The molecule has 2 aromatic rings. The normalized spacial score (nSPS) is 22.6. The summed E-state index contributed by atoms with van der Waals surface area (Å²) < 4.78 is 1.91. The van der Waals surface area contributed by atoms with Crippen molar-refractivity contribution >= 4 is 5.69 Å². The minimum Gasteiger partial charge on any atom is -0.381 e. The summed E-state index contributed by atoms with van der Waals surface area (Å²) in [4.78, 5) is 8.49. The van der Waals surface area contributed by atoms with Crippen molar-refractivity contribution in [2.45, 2.75) is 38.6 Å². The molecule has 0 amide bonds. The molecule has 4 heteroatoms. The van der Waals surface area contributed by atoms with Gasteiger partial charge >= 0.3 is 0 Å². The van der Waals surface area contributed by atoms with Crippen LogP contribution in [-0.4, -0.2) is 20.6 Å². The van der Waals surface area contributed by atoms with Crippen molar-refractivity contribution in [2.24, 2.45) is 5.92 Å². The Balaban J connectivity index is 1.63. The number of pyridine rings is 1. The lowest BCUT2D eigenvalue weighted by Crippen LogP contribution is -2.15. The van der Waals surface area contributed by atoms with E-state index in [4.69, 9.17) is 0 Å². The molecule has 2 heterocycles. The van der Waals surface area contributed by atoms with Crippen molar-refractivity contribution < 1.29 is 0 Å². The molecule has 100 valence electrons. The highest BCUT2D eigenvalue weighted by molar-refractivity contribution is 5.44. The number of aromatic nitrogens is 3. The predicted octanol–water partition coefficient (Wildman–Crippen LogP) is 3.26. The van der Waals surface area contributed by atoms with Crippen LogP contribution in [0.2, 0.25) is 0 Å². The molecular weight excluding hydrogens is 236 g/mol. The Bertz CT molecular complexity index is 503. The summed E-state index contributed by atoms with van der Waals surface area (Å²) in [6.07, 6.45) is 12.6. The Labute approximate surface area is 113 Å². The molecule has 4 nitrogen and oxygen atoms in total. The van der Waals surface area contributed by atoms with Gasteiger partial charge in [0.25, 0.3) is 0 Å². The average molecular weight is 256 g/mol. The van der Waals surface area contributed by atoms with Crippen LogP contribution in [0.5, 0.6) is 0 Å². The lowest BCUT2D eigenvalue weighted by Gasteiger charge is -2.14. The zero-order valence-electron chi connectivity index (χ0n) is 11.3. The van der Waals surface area contributed by atoms with Crippen LogP contribution in [0, 0.1) is 5.92 Å². The standard InChI is InChI=1S/C15H20N4/c1-2-12-3-4-13(9-12)18-14-5-6-15(17-10-14)19-8-7-16-11-19/h5-8,10-13,18H,2-4,9H2,1H3. The second kappa shape index (κ2) is 5.43. The molecule has 0 radical (unpaired) electrons. The van der Waals surface area contributed by atoms with E-state index in [0.717, 1.165) is 17.4 Å². The molecule has 1 aliphatic carbocycles. The maximum Gasteiger partial charge on any atom is 0.137 e. The van der Waals surface area contributed by atoms with Gasteiger partial charge in [-0.3, -0.25) is 4.57 Å². The number of hydrogen-bond donors (Lipinski definition) is 1. The number of nitrogens with one attached hydrogen (secondary N) is 1. The maximum atomic E-state index is 4.46. The van der Waals surface area contributed by atoms with Crippen LogP contribution < -0.4 is 5.32 Å². The topological polar surface area (TPSA) is 42.7 Å². The fraction of sp³-hybridized carbons (Fsp3) is 0.467. The van der Waals surface area contributed by atoms with Crippen LogP contribution in [-0.2, 0) is 0 Å². The van der Waals surface area contributed by atoms with E-state index in [1.54, 1.807) is 12.5 Å². The summed E-state index contributed by atoms with van der Waals surface area (Å²) in [5.41, 5.74) is 1.12. The summed E-state index contributed by atoms with van der Waals surface area (Å²) in [7, 11) is 0. The summed E-state index contributed by atoms with van der Waals surface area (Å²) >= 11 is 0. The fourth-order valence-electron chi connectivity index (χ4n) is 2.83. The highest BCUT2D eigenvalue weighted by Crippen LogP contribution is 2.30. The first kappa shape index (κ1) is 12.2. The molecule has 0 aromatic carbocycles. The number of anilines is 1. The van der Waals surface area contributed by atoms with Crippen molar-refractivity contribution in [3.8, 4) is 5.82 Å². The predicted molar refractivity (Wildman–Crippen MR) is 76.4 cm³/mol. The molecule has 0 saturated heterocycles. The van der Waals surface area contributed by atoms with Crippen molar-refractivity contribution in [1.82, 2.24) is 14.5 Å². The molecule has 1 N–H and O–H groups in total. The molecule has 2 atom stereocenters.